The van der Waals surface area contributed by atoms with E-state index >= 15 is 0 Å². The molecule has 6 rings (SSSR count). The first-order valence-electron chi connectivity index (χ1n) is 9.78. The summed E-state index contributed by atoms with van der Waals surface area (Å²) in [5.41, 5.74) is 3.77. The van der Waals surface area contributed by atoms with Crippen LogP contribution in [0.1, 0.15) is 30.1 Å². The smallest absolute Gasteiger partial charge is 0.253 e. The van der Waals surface area contributed by atoms with Crippen molar-refractivity contribution in [2.24, 2.45) is 0 Å². The van der Waals surface area contributed by atoms with Gasteiger partial charge < -0.3 is 24.3 Å². The highest BCUT2D eigenvalue weighted by Gasteiger charge is 2.37. The van der Waals surface area contributed by atoms with Gasteiger partial charge in [-0.05, 0) is 37.1 Å². The van der Waals surface area contributed by atoms with Gasteiger partial charge in [-0.25, -0.2) is 0 Å². The molecule has 2 aromatic heterocycles. The number of benzene rings is 2. The van der Waals surface area contributed by atoms with Gasteiger partial charge in [0, 0.05) is 17.4 Å². The summed E-state index contributed by atoms with van der Waals surface area (Å²) in [6.45, 7) is 0.442. The number of nitrogens with zero attached hydrogens (tertiary/aromatic N) is 2. The summed E-state index contributed by atoms with van der Waals surface area (Å²) in [6, 6.07) is 16.1. The van der Waals surface area contributed by atoms with Crippen LogP contribution in [0.25, 0.3) is 21.8 Å². The van der Waals surface area contributed by atoms with Crippen LogP contribution in [-0.4, -0.2) is 34.8 Å². The molecule has 7 heteroatoms. The van der Waals surface area contributed by atoms with E-state index in [9.17, 15) is 5.11 Å². The normalized spacial score (nSPS) is 14.6. The van der Waals surface area contributed by atoms with Gasteiger partial charge in [0.05, 0.1) is 17.0 Å². The average molecular weight is 392 g/mol. The Labute approximate surface area is 166 Å². The van der Waals surface area contributed by atoms with Gasteiger partial charge in [-0.1, -0.05) is 24.3 Å². The number of ether oxygens (including phenoxy) is 2. The maximum Gasteiger partial charge on any atom is 0.253 e. The lowest BCUT2D eigenvalue weighted by Crippen LogP contribution is -2.29. The second kappa shape index (κ2) is 6.35. The fraction of sp³-hybridized carbons (Fsp3) is 0.273. The largest absolute Gasteiger partial charge is 0.453 e. The minimum atomic E-state index is -0.132. The van der Waals surface area contributed by atoms with Gasteiger partial charge in [-0.3, -0.25) is 0 Å². The molecule has 29 heavy (non-hydrogen) atoms. The lowest BCUT2D eigenvalue weighted by Gasteiger charge is -2.28. The molecular formula is C22H20N2O5. The maximum absolute atomic E-state index is 9.57. The first-order valence-corrected chi connectivity index (χ1v) is 9.78. The number of hydrogen-bond donors (Lipinski definition) is 1. The second-order valence-corrected chi connectivity index (χ2v) is 7.25. The van der Waals surface area contributed by atoms with Gasteiger partial charge in [-0.15, -0.1) is 0 Å². The van der Waals surface area contributed by atoms with E-state index in [0.29, 0.717) is 12.8 Å². The topological polar surface area (TPSA) is 67.0 Å². The summed E-state index contributed by atoms with van der Waals surface area (Å²) in [4.78, 5) is 11.8. The Morgan fingerprint density at radius 1 is 0.793 bits per heavy atom. The quantitative estimate of drug-likeness (QED) is 0.566. The van der Waals surface area contributed by atoms with Gasteiger partial charge in [0.15, 0.2) is 11.5 Å². The second-order valence-electron chi connectivity index (χ2n) is 7.25. The fourth-order valence-electron chi connectivity index (χ4n) is 4.56. The molecule has 0 fully saturated rings. The molecule has 0 spiro atoms. The molecule has 0 unspecified atom stereocenters. The van der Waals surface area contributed by atoms with Crippen LogP contribution >= 0.6 is 0 Å². The lowest BCUT2D eigenvalue weighted by molar-refractivity contribution is -0.0221. The van der Waals surface area contributed by atoms with Crippen molar-refractivity contribution in [1.82, 2.24) is 9.46 Å². The molecule has 0 radical (unpaired) electrons. The van der Waals surface area contributed by atoms with E-state index < -0.39 is 0 Å². The fourth-order valence-corrected chi connectivity index (χ4v) is 4.56. The zero-order valence-corrected chi connectivity index (χ0v) is 15.7. The molecule has 0 amide bonds. The Morgan fingerprint density at radius 2 is 1.31 bits per heavy atom. The molecule has 4 bridgehead atoms. The van der Waals surface area contributed by atoms with Crippen molar-refractivity contribution in [1.29, 1.82) is 0 Å². The van der Waals surface area contributed by atoms with Crippen molar-refractivity contribution in [2.75, 3.05) is 20.2 Å². The molecule has 4 heterocycles. The van der Waals surface area contributed by atoms with Crippen LogP contribution in [0.3, 0.4) is 0 Å². The first-order chi connectivity index (χ1) is 14.4. The van der Waals surface area contributed by atoms with Crippen molar-refractivity contribution in [3.8, 4) is 11.5 Å². The van der Waals surface area contributed by atoms with E-state index in [-0.39, 0.29) is 26.1 Å². The number of aliphatic hydroxyl groups is 1. The standard InChI is InChI=1S/C22H20N2O5/c25-11-5-8-16(19-21-14-6-1-3-9-17(14)23(19)28-12-26-21)20-22-15-7-2-4-10-18(15)24(20)29-13-27-22/h1-4,6-7,9-10,16,25H,5,8,11-13H2. The Hall–Kier alpha value is -3.32. The van der Waals surface area contributed by atoms with Gasteiger partial charge in [-0.2, -0.15) is 9.46 Å². The summed E-state index contributed by atoms with van der Waals surface area (Å²) in [5, 5.41) is 11.6. The minimum absolute atomic E-state index is 0.102. The lowest BCUT2D eigenvalue weighted by atomic mass is 9.94. The number of rotatable bonds is 5. The van der Waals surface area contributed by atoms with Gasteiger partial charge in [0.2, 0.25) is 0 Å². The van der Waals surface area contributed by atoms with Crippen LogP contribution in [0.2, 0.25) is 0 Å². The Bertz CT molecular complexity index is 1050. The van der Waals surface area contributed by atoms with Gasteiger partial charge in [0.1, 0.15) is 11.4 Å². The molecule has 2 aromatic carbocycles. The third-order valence-electron chi connectivity index (χ3n) is 5.72. The number of fused-ring (bicyclic) bond motifs is 10. The highest BCUT2D eigenvalue weighted by Crippen LogP contribution is 2.48. The highest BCUT2D eigenvalue weighted by molar-refractivity contribution is 5.91. The van der Waals surface area contributed by atoms with E-state index in [0.717, 1.165) is 44.7 Å². The van der Waals surface area contributed by atoms with Crippen molar-refractivity contribution in [3.05, 3.63) is 59.9 Å². The molecule has 7 nitrogen and oxygen atoms in total. The zero-order chi connectivity index (χ0) is 19.4. The summed E-state index contributed by atoms with van der Waals surface area (Å²) in [5.74, 6) is 1.50. The van der Waals surface area contributed by atoms with E-state index in [1.54, 1.807) is 0 Å². The van der Waals surface area contributed by atoms with Crippen molar-refractivity contribution in [2.45, 2.75) is 18.8 Å². The van der Waals surface area contributed by atoms with Crippen LogP contribution in [0.15, 0.2) is 48.5 Å². The summed E-state index contributed by atoms with van der Waals surface area (Å²) in [7, 11) is 0. The van der Waals surface area contributed by atoms with Crippen LogP contribution in [-0.2, 0) is 0 Å². The van der Waals surface area contributed by atoms with Crippen LogP contribution in [0.4, 0.5) is 0 Å². The zero-order valence-electron chi connectivity index (χ0n) is 15.7. The summed E-state index contributed by atoms with van der Waals surface area (Å²) < 4.78 is 15.6. The third kappa shape index (κ3) is 2.28. The van der Waals surface area contributed by atoms with E-state index in [1.165, 1.54) is 0 Å². The van der Waals surface area contributed by atoms with Gasteiger partial charge in [0.25, 0.3) is 13.6 Å². The third-order valence-corrected chi connectivity index (χ3v) is 5.72. The molecule has 0 aliphatic carbocycles. The maximum atomic E-state index is 9.57. The highest BCUT2D eigenvalue weighted by atomic mass is 16.8. The molecular weight excluding hydrogens is 372 g/mol. The Morgan fingerprint density at radius 3 is 1.83 bits per heavy atom. The van der Waals surface area contributed by atoms with E-state index in [1.807, 2.05) is 58.0 Å². The van der Waals surface area contributed by atoms with Crippen LogP contribution < -0.4 is 19.1 Å². The monoisotopic (exact) mass is 392 g/mol. The molecule has 2 aliphatic heterocycles. The molecule has 0 atom stereocenters. The number of aromatic nitrogens is 2. The van der Waals surface area contributed by atoms with E-state index in [2.05, 4.69) is 0 Å². The average Bonchev–Trinajstić information content (AvgIpc) is 3.07. The number of aliphatic hydroxyl groups excluding tert-OH is 1. The molecule has 0 saturated carbocycles. The van der Waals surface area contributed by atoms with Crippen LogP contribution in [0.5, 0.6) is 11.5 Å². The molecule has 148 valence electrons. The van der Waals surface area contributed by atoms with Gasteiger partial charge >= 0.3 is 0 Å². The van der Waals surface area contributed by atoms with Crippen molar-refractivity contribution < 1.29 is 24.3 Å². The minimum Gasteiger partial charge on any atom is -0.453 e. The van der Waals surface area contributed by atoms with Crippen molar-refractivity contribution >= 4 is 21.8 Å². The summed E-state index contributed by atoms with van der Waals surface area (Å²) >= 11 is 0. The molecule has 4 aromatic rings. The molecule has 0 saturated heterocycles. The number of para-hydroxylation sites is 2. The first kappa shape index (κ1) is 16.6. The summed E-state index contributed by atoms with van der Waals surface area (Å²) in [6.07, 6.45) is 1.33. The molecule has 2 aliphatic rings. The van der Waals surface area contributed by atoms with Crippen LogP contribution in [0, 0.1) is 0 Å². The Balaban J connectivity index is 1.63. The predicted molar refractivity (Wildman–Crippen MR) is 106 cm³/mol. The van der Waals surface area contributed by atoms with Crippen molar-refractivity contribution in [3.63, 3.8) is 0 Å². The number of hydrogen-bond acceptors (Lipinski definition) is 5. The van der Waals surface area contributed by atoms with E-state index in [4.69, 9.17) is 19.1 Å². The predicted octanol–water partition coefficient (Wildman–Crippen LogP) is 3.06. The SMILES string of the molecule is OCCCC(c1c2c3ccccc3n1OCO2)c1c2c3ccccc3n1OCO2. The molecule has 1 N–H and O–H groups in total. The Kier molecular flexibility index (Phi) is 3.64.